The number of benzene rings is 2. The van der Waals surface area contributed by atoms with Crippen LogP contribution in [0, 0.1) is 21.4 Å². The van der Waals surface area contributed by atoms with E-state index in [1.54, 1.807) is 18.2 Å². The van der Waals surface area contributed by atoms with Crippen LogP contribution in [0.25, 0.3) is 6.08 Å². The van der Waals surface area contributed by atoms with E-state index >= 15 is 0 Å². The summed E-state index contributed by atoms with van der Waals surface area (Å²) in [5.41, 5.74) is 0.576. The number of non-ortho nitro benzene ring substituents is 1. The van der Waals surface area contributed by atoms with Gasteiger partial charge in [0.25, 0.3) is 11.6 Å². The molecule has 8 heteroatoms. The monoisotopic (exact) mass is 429 g/mol. The van der Waals surface area contributed by atoms with Crippen molar-refractivity contribution in [3.8, 4) is 11.8 Å². The third kappa shape index (κ3) is 5.66. The highest BCUT2D eigenvalue weighted by atomic mass is 79.9. The number of nitrogens with one attached hydrogen (secondary N) is 1. The van der Waals surface area contributed by atoms with Gasteiger partial charge >= 0.3 is 0 Å². The van der Waals surface area contributed by atoms with Gasteiger partial charge in [-0.3, -0.25) is 14.9 Å². The maximum atomic E-state index is 12.3. The van der Waals surface area contributed by atoms with Gasteiger partial charge in [0, 0.05) is 17.8 Å². The zero-order valence-corrected chi connectivity index (χ0v) is 16.2. The van der Waals surface area contributed by atoms with Crippen molar-refractivity contribution in [2.24, 2.45) is 0 Å². The molecule has 0 fully saturated rings. The van der Waals surface area contributed by atoms with E-state index in [0.29, 0.717) is 15.8 Å². The first kappa shape index (κ1) is 20.1. The van der Waals surface area contributed by atoms with Crippen molar-refractivity contribution in [2.45, 2.75) is 20.0 Å². The minimum absolute atomic E-state index is 0.0121. The van der Waals surface area contributed by atoms with Crippen molar-refractivity contribution in [3.63, 3.8) is 0 Å². The fourth-order valence-electron chi connectivity index (χ4n) is 2.17. The van der Waals surface area contributed by atoms with Crippen molar-refractivity contribution in [1.29, 1.82) is 5.26 Å². The molecule has 2 rings (SSSR count). The van der Waals surface area contributed by atoms with E-state index in [9.17, 15) is 20.2 Å². The van der Waals surface area contributed by atoms with Crippen molar-refractivity contribution >= 4 is 39.3 Å². The first-order valence-corrected chi connectivity index (χ1v) is 8.73. The van der Waals surface area contributed by atoms with Crippen molar-refractivity contribution in [3.05, 3.63) is 68.2 Å². The predicted octanol–water partition coefficient (Wildman–Crippen LogP) is 4.69. The van der Waals surface area contributed by atoms with Crippen molar-refractivity contribution in [1.82, 2.24) is 0 Å². The number of ether oxygens (including phenoxy) is 1. The Labute approximate surface area is 164 Å². The van der Waals surface area contributed by atoms with Gasteiger partial charge < -0.3 is 10.1 Å². The van der Waals surface area contributed by atoms with Crippen LogP contribution < -0.4 is 10.1 Å². The molecule has 1 amide bonds. The van der Waals surface area contributed by atoms with E-state index in [4.69, 9.17) is 4.74 Å². The Morgan fingerprint density at radius 1 is 1.33 bits per heavy atom. The summed E-state index contributed by atoms with van der Waals surface area (Å²) in [6.07, 6.45) is 1.44. The highest BCUT2D eigenvalue weighted by Crippen LogP contribution is 2.28. The van der Waals surface area contributed by atoms with Crippen LogP contribution in [0.4, 0.5) is 11.4 Å². The molecule has 0 atom stereocenters. The smallest absolute Gasteiger partial charge is 0.271 e. The van der Waals surface area contributed by atoms with E-state index in [-0.39, 0.29) is 23.1 Å². The number of nitro benzene ring substituents is 1. The summed E-state index contributed by atoms with van der Waals surface area (Å²) in [7, 11) is 0. The van der Waals surface area contributed by atoms with Crippen LogP contribution >= 0.6 is 15.9 Å². The summed E-state index contributed by atoms with van der Waals surface area (Å²) in [6.45, 7) is 3.82. The number of carbonyl (C=O) groups is 1. The summed E-state index contributed by atoms with van der Waals surface area (Å²) in [5, 5.41) is 22.6. The van der Waals surface area contributed by atoms with E-state index in [1.807, 2.05) is 19.9 Å². The molecule has 27 heavy (non-hydrogen) atoms. The maximum Gasteiger partial charge on any atom is 0.271 e. The average Bonchev–Trinajstić information content (AvgIpc) is 2.61. The molecule has 0 spiro atoms. The standard InChI is InChI=1S/C19H16BrN3O4/c1-12(2)27-18-7-6-13(9-17(18)20)8-14(11-21)19(24)22-15-4-3-5-16(10-15)23(25)26/h3-10,12H,1-2H3,(H,22,24)/b14-8+. The lowest BCUT2D eigenvalue weighted by atomic mass is 10.1. The molecule has 7 nitrogen and oxygen atoms in total. The highest BCUT2D eigenvalue weighted by Gasteiger charge is 2.13. The van der Waals surface area contributed by atoms with Crippen LogP contribution in [0.15, 0.2) is 52.5 Å². The molecule has 0 radical (unpaired) electrons. The van der Waals surface area contributed by atoms with E-state index in [1.165, 1.54) is 30.3 Å². The van der Waals surface area contributed by atoms with Crippen LogP contribution in [0.2, 0.25) is 0 Å². The molecule has 2 aromatic rings. The molecule has 0 aliphatic rings. The predicted molar refractivity (Wildman–Crippen MR) is 105 cm³/mol. The number of rotatable bonds is 6. The fourth-order valence-corrected chi connectivity index (χ4v) is 2.66. The molecule has 0 saturated carbocycles. The Bertz CT molecular complexity index is 948. The second-order valence-electron chi connectivity index (χ2n) is 5.79. The molecule has 2 aromatic carbocycles. The number of amides is 1. The third-order valence-corrected chi connectivity index (χ3v) is 3.93. The molecule has 0 aromatic heterocycles. The lowest BCUT2D eigenvalue weighted by Crippen LogP contribution is -2.13. The summed E-state index contributed by atoms with van der Waals surface area (Å²) < 4.78 is 6.32. The first-order chi connectivity index (χ1) is 12.8. The largest absolute Gasteiger partial charge is 0.490 e. The lowest BCUT2D eigenvalue weighted by molar-refractivity contribution is -0.384. The Morgan fingerprint density at radius 3 is 2.67 bits per heavy atom. The number of hydrogen-bond acceptors (Lipinski definition) is 5. The van der Waals surface area contributed by atoms with Gasteiger partial charge in [-0.25, -0.2) is 0 Å². The zero-order valence-electron chi connectivity index (χ0n) is 14.6. The highest BCUT2D eigenvalue weighted by molar-refractivity contribution is 9.10. The minimum Gasteiger partial charge on any atom is -0.490 e. The van der Waals surface area contributed by atoms with Crippen LogP contribution in [0.5, 0.6) is 5.75 Å². The normalized spacial score (nSPS) is 11.0. The molecule has 0 aliphatic carbocycles. The second kappa shape index (κ2) is 8.96. The minimum atomic E-state index is -0.656. The number of anilines is 1. The number of nitriles is 1. The van der Waals surface area contributed by atoms with E-state index in [0.717, 1.165) is 0 Å². The summed E-state index contributed by atoms with van der Waals surface area (Å²) in [4.78, 5) is 22.6. The molecular weight excluding hydrogens is 414 g/mol. The number of carbonyl (C=O) groups excluding carboxylic acids is 1. The molecule has 138 valence electrons. The van der Waals surface area contributed by atoms with Crippen molar-refractivity contribution < 1.29 is 14.5 Å². The van der Waals surface area contributed by atoms with Gasteiger partial charge in [-0.05, 0) is 59.6 Å². The van der Waals surface area contributed by atoms with Crippen LogP contribution in [0.3, 0.4) is 0 Å². The number of nitrogens with zero attached hydrogens (tertiary/aromatic N) is 2. The summed E-state index contributed by atoms with van der Waals surface area (Å²) >= 11 is 3.40. The van der Waals surface area contributed by atoms with Crippen LogP contribution in [0.1, 0.15) is 19.4 Å². The van der Waals surface area contributed by atoms with Gasteiger partial charge in [-0.2, -0.15) is 5.26 Å². The molecule has 0 aliphatic heterocycles. The molecule has 0 heterocycles. The molecule has 1 N–H and O–H groups in total. The Hall–Kier alpha value is -3.18. The fraction of sp³-hybridized carbons (Fsp3) is 0.158. The molecule has 0 saturated heterocycles. The Balaban J connectivity index is 2.21. The average molecular weight is 430 g/mol. The molecular formula is C19H16BrN3O4. The second-order valence-corrected chi connectivity index (χ2v) is 6.64. The number of nitro groups is 1. The topological polar surface area (TPSA) is 105 Å². The Morgan fingerprint density at radius 2 is 2.07 bits per heavy atom. The molecule has 0 unspecified atom stereocenters. The quantitative estimate of drug-likeness (QED) is 0.310. The molecule has 0 bridgehead atoms. The van der Waals surface area contributed by atoms with Gasteiger partial charge in [-0.1, -0.05) is 12.1 Å². The summed E-state index contributed by atoms with van der Waals surface area (Å²) in [6, 6.07) is 12.5. The van der Waals surface area contributed by atoms with Crippen LogP contribution in [-0.4, -0.2) is 16.9 Å². The van der Waals surface area contributed by atoms with E-state index < -0.39 is 10.8 Å². The van der Waals surface area contributed by atoms with Gasteiger partial charge in [-0.15, -0.1) is 0 Å². The van der Waals surface area contributed by atoms with Crippen molar-refractivity contribution in [2.75, 3.05) is 5.32 Å². The Kier molecular flexibility index (Phi) is 6.68. The van der Waals surface area contributed by atoms with Gasteiger partial charge in [0.1, 0.15) is 17.4 Å². The van der Waals surface area contributed by atoms with E-state index in [2.05, 4.69) is 21.2 Å². The SMILES string of the molecule is CC(C)Oc1ccc(/C=C(\C#N)C(=O)Nc2cccc([N+](=O)[O-])c2)cc1Br. The van der Waals surface area contributed by atoms with Gasteiger partial charge in [0.2, 0.25) is 0 Å². The van der Waals surface area contributed by atoms with Gasteiger partial charge in [0.15, 0.2) is 0 Å². The summed E-state index contributed by atoms with van der Waals surface area (Å²) in [5.74, 6) is -0.00154. The number of halogens is 1. The number of hydrogen-bond donors (Lipinski definition) is 1. The third-order valence-electron chi connectivity index (χ3n) is 3.31. The first-order valence-electron chi connectivity index (χ1n) is 7.94. The lowest BCUT2D eigenvalue weighted by Gasteiger charge is -2.11. The zero-order chi connectivity index (χ0) is 20.0. The van der Waals surface area contributed by atoms with Crippen LogP contribution in [-0.2, 0) is 4.79 Å². The maximum absolute atomic E-state index is 12.3. The van der Waals surface area contributed by atoms with Gasteiger partial charge in [0.05, 0.1) is 15.5 Å².